The van der Waals surface area contributed by atoms with E-state index in [0.29, 0.717) is 11.5 Å². The molecule has 2 saturated heterocycles. The van der Waals surface area contributed by atoms with Crippen LogP contribution in [0.5, 0.6) is 0 Å². The van der Waals surface area contributed by atoms with Gasteiger partial charge in [0.05, 0.1) is 6.10 Å². The van der Waals surface area contributed by atoms with E-state index >= 15 is 0 Å². The van der Waals surface area contributed by atoms with Crippen LogP contribution in [0.15, 0.2) is 0 Å². The van der Waals surface area contributed by atoms with E-state index in [4.69, 9.17) is 4.74 Å². The molecule has 0 radical (unpaired) electrons. The maximum Gasteiger partial charge on any atom is 0.0702 e. The van der Waals surface area contributed by atoms with E-state index in [9.17, 15) is 0 Å². The monoisotopic (exact) mass is 225 g/mol. The lowest BCUT2D eigenvalue weighted by molar-refractivity contribution is -0.0163. The number of likely N-dealkylation sites (tertiary alicyclic amines) is 1. The van der Waals surface area contributed by atoms with Crippen molar-refractivity contribution in [3.8, 4) is 0 Å². The molecule has 0 amide bonds. The van der Waals surface area contributed by atoms with Gasteiger partial charge in [-0.15, -0.1) is 0 Å². The van der Waals surface area contributed by atoms with Gasteiger partial charge in [0.15, 0.2) is 0 Å². The fourth-order valence-corrected chi connectivity index (χ4v) is 3.24. The molecule has 0 spiro atoms. The molecule has 2 aliphatic rings. The first kappa shape index (κ1) is 12.4. The minimum atomic E-state index is 0.422. The normalized spacial score (nSPS) is 33.2. The third-order valence-electron chi connectivity index (χ3n) is 4.08. The van der Waals surface area contributed by atoms with Crippen LogP contribution >= 0.6 is 0 Å². The van der Waals surface area contributed by atoms with Gasteiger partial charge in [-0.2, -0.15) is 0 Å². The highest BCUT2D eigenvalue weighted by molar-refractivity contribution is 4.89. The van der Waals surface area contributed by atoms with E-state index in [2.05, 4.69) is 25.7 Å². The Hall–Kier alpha value is -0.0800. The predicted octanol–water partition coefficient (Wildman–Crippen LogP) is 3.07. The SMILES string of the molecule is CC(C)(C)C1CCCN1CC1CCCCO1. The Kier molecular flexibility index (Phi) is 3.91. The van der Waals surface area contributed by atoms with Gasteiger partial charge in [-0.05, 0) is 44.1 Å². The minimum absolute atomic E-state index is 0.422. The van der Waals surface area contributed by atoms with Gasteiger partial charge in [-0.25, -0.2) is 0 Å². The second-order valence-electron chi connectivity index (χ2n) is 6.51. The van der Waals surface area contributed by atoms with Crippen molar-refractivity contribution >= 4 is 0 Å². The first-order valence-electron chi connectivity index (χ1n) is 6.93. The first-order chi connectivity index (χ1) is 7.57. The van der Waals surface area contributed by atoms with E-state index in [-0.39, 0.29) is 0 Å². The standard InChI is InChI=1S/C14H27NO/c1-14(2,3)13-8-6-9-15(13)11-12-7-4-5-10-16-12/h12-13H,4-11H2,1-3H3. The second kappa shape index (κ2) is 5.05. The predicted molar refractivity (Wildman–Crippen MR) is 67.6 cm³/mol. The van der Waals surface area contributed by atoms with Crippen molar-refractivity contribution in [1.82, 2.24) is 4.90 Å². The minimum Gasteiger partial charge on any atom is -0.377 e. The lowest BCUT2D eigenvalue weighted by Gasteiger charge is -2.37. The number of hydrogen-bond donors (Lipinski definition) is 0. The molecule has 94 valence electrons. The molecule has 0 bridgehead atoms. The number of hydrogen-bond acceptors (Lipinski definition) is 2. The van der Waals surface area contributed by atoms with Crippen molar-refractivity contribution in [2.24, 2.45) is 5.41 Å². The molecule has 2 unspecified atom stereocenters. The summed E-state index contributed by atoms with van der Waals surface area (Å²) in [5.41, 5.74) is 0.422. The van der Waals surface area contributed by atoms with E-state index in [0.717, 1.165) is 12.6 Å². The average molecular weight is 225 g/mol. The van der Waals surface area contributed by atoms with Crippen LogP contribution in [-0.2, 0) is 4.74 Å². The highest BCUT2D eigenvalue weighted by Crippen LogP contribution is 2.33. The Bertz CT molecular complexity index is 215. The van der Waals surface area contributed by atoms with Gasteiger partial charge in [0, 0.05) is 19.2 Å². The molecule has 2 rings (SSSR count). The molecule has 2 heterocycles. The zero-order chi connectivity index (χ0) is 11.6. The summed E-state index contributed by atoms with van der Waals surface area (Å²) in [7, 11) is 0. The van der Waals surface area contributed by atoms with Crippen LogP contribution in [0.3, 0.4) is 0 Å². The van der Waals surface area contributed by atoms with E-state index in [1.165, 1.54) is 45.2 Å². The van der Waals surface area contributed by atoms with Crippen LogP contribution in [0.1, 0.15) is 52.9 Å². The molecule has 2 aliphatic heterocycles. The quantitative estimate of drug-likeness (QED) is 0.716. The summed E-state index contributed by atoms with van der Waals surface area (Å²) in [6, 6.07) is 0.762. The Morgan fingerprint density at radius 2 is 1.94 bits per heavy atom. The molecule has 2 fully saturated rings. The van der Waals surface area contributed by atoms with Crippen LogP contribution in [0, 0.1) is 5.41 Å². The highest BCUT2D eigenvalue weighted by Gasteiger charge is 2.35. The fraction of sp³-hybridized carbons (Fsp3) is 1.00. The van der Waals surface area contributed by atoms with Crippen LogP contribution in [-0.4, -0.2) is 36.7 Å². The zero-order valence-electron chi connectivity index (χ0n) is 11.2. The van der Waals surface area contributed by atoms with Gasteiger partial charge in [0.25, 0.3) is 0 Å². The van der Waals surface area contributed by atoms with Gasteiger partial charge < -0.3 is 4.74 Å². The van der Waals surface area contributed by atoms with E-state index < -0.39 is 0 Å². The van der Waals surface area contributed by atoms with Crippen molar-refractivity contribution < 1.29 is 4.74 Å². The maximum atomic E-state index is 5.86. The molecular weight excluding hydrogens is 198 g/mol. The van der Waals surface area contributed by atoms with Crippen LogP contribution in [0.2, 0.25) is 0 Å². The molecule has 0 N–H and O–H groups in total. The van der Waals surface area contributed by atoms with Gasteiger partial charge in [-0.3, -0.25) is 4.90 Å². The number of rotatable bonds is 2. The Morgan fingerprint density at radius 1 is 1.12 bits per heavy atom. The summed E-state index contributed by atoms with van der Waals surface area (Å²) in [6.07, 6.45) is 7.15. The Morgan fingerprint density at radius 3 is 2.56 bits per heavy atom. The molecule has 2 nitrogen and oxygen atoms in total. The van der Waals surface area contributed by atoms with Gasteiger partial charge in [-0.1, -0.05) is 20.8 Å². The van der Waals surface area contributed by atoms with Gasteiger partial charge in [0.1, 0.15) is 0 Å². The van der Waals surface area contributed by atoms with Crippen molar-refractivity contribution in [1.29, 1.82) is 0 Å². The molecule has 2 heteroatoms. The Balaban J connectivity index is 1.88. The third-order valence-corrected chi connectivity index (χ3v) is 4.08. The fourth-order valence-electron chi connectivity index (χ4n) is 3.24. The third kappa shape index (κ3) is 2.98. The summed E-state index contributed by atoms with van der Waals surface area (Å²) in [5, 5.41) is 0. The lowest BCUT2D eigenvalue weighted by Crippen LogP contribution is -2.44. The van der Waals surface area contributed by atoms with E-state index in [1.807, 2.05) is 0 Å². The van der Waals surface area contributed by atoms with Gasteiger partial charge in [0.2, 0.25) is 0 Å². The summed E-state index contributed by atoms with van der Waals surface area (Å²) < 4.78 is 5.86. The highest BCUT2D eigenvalue weighted by atomic mass is 16.5. The smallest absolute Gasteiger partial charge is 0.0702 e. The molecule has 2 atom stereocenters. The van der Waals surface area contributed by atoms with Crippen LogP contribution in [0.4, 0.5) is 0 Å². The van der Waals surface area contributed by atoms with Crippen molar-refractivity contribution in [3.05, 3.63) is 0 Å². The van der Waals surface area contributed by atoms with Crippen LogP contribution in [0.25, 0.3) is 0 Å². The first-order valence-corrected chi connectivity index (χ1v) is 6.93. The lowest BCUT2D eigenvalue weighted by atomic mass is 9.85. The van der Waals surface area contributed by atoms with Crippen molar-refractivity contribution in [2.45, 2.75) is 65.0 Å². The summed E-state index contributed by atoms with van der Waals surface area (Å²) >= 11 is 0. The summed E-state index contributed by atoms with van der Waals surface area (Å²) in [4.78, 5) is 2.68. The van der Waals surface area contributed by atoms with Crippen molar-refractivity contribution in [2.75, 3.05) is 19.7 Å². The van der Waals surface area contributed by atoms with Crippen molar-refractivity contribution in [3.63, 3.8) is 0 Å². The average Bonchev–Trinajstić information content (AvgIpc) is 2.67. The van der Waals surface area contributed by atoms with Gasteiger partial charge >= 0.3 is 0 Å². The number of ether oxygens (including phenoxy) is 1. The molecular formula is C14H27NO. The second-order valence-corrected chi connectivity index (χ2v) is 6.51. The molecule has 0 aromatic rings. The Labute approximate surface area is 100 Å². The number of nitrogens with zero attached hydrogens (tertiary/aromatic N) is 1. The van der Waals surface area contributed by atoms with Crippen LogP contribution < -0.4 is 0 Å². The molecule has 0 saturated carbocycles. The maximum absolute atomic E-state index is 5.86. The topological polar surface area (TPSA) is 12.5 Å². The largest absolute Gasteiger partial charge is 0.377 e. The molecule has 0 aromatic carbocycles. The molecule has 0 aromatic heterocycles. The molecule has 16 heavy (non-hydrogen) atoms. The zero-order valence-corrected chi connectivity index (χ0v) is 11.2. The summed E-state index contributed by atoms with van der Waals surface area (Å²) in [6.45, 7) is 10.6. The molecule has 0 aliphatic carbocycles. The van der Waals surface area contributed by atoms with E-state index in [1.54, 1.807) is 0 Å². The summed E-state index contributed by atoms with van der Waals surface area (Å²) in [5.74, 6) is 0.